The second kappa shape index (κ2) is 11.7. The lowest BCUT2D eigenvalue weighted by molar-refractivity contribution is -0.156. The van der Waals surface area contributed by atoms with Gasteiger partial charge in [0.1, 0.15) is 13.2 Å². The lowest BCUT2D eigenvalue weighted by Gasteiger charge is -2.13. The monoisotopic (exact) mass is 316 g/mol. The number of carbonyl (C=O) groups excluding carboxylic acids is 3. The molecule has 22 heavy (non-hydrogen) atoms. The molecule has 7 nitrogen and oxygen atoms in total. The summed E-state index contributed by atoms with van der Waals surface area (Å²) in [7, 11) is 0. The Morgan fingerprint density at radius 3 is 2.18 bits per heavy atom. The van der Waals surface area contributed by atoms with Gasteiger partial charge in [-0.05, 0) is 12.8 Å². The van der Waals surface area contributed by atoms with Crippen molar-refractivity contribution in [3.63, 3.8) is 0 Å². The maximum atomic E-state index is 11.7. The molecule has 0 spiro atoms. The molecule has 0 saturated heterocycles. The highest BCUT2D eigenvalue weighted by atomic mass is 16.6. The Morgan fingerprint density at radius 2 is 1.64 bits per heavy atom. The van der Waals surface area contributed by atoms with Gasteiger partial charge in [-0.2, -0.15) is 0 Å². The summed E-state index contributed by atoms with van der Waals surface area (Å²) in [5.74, 6) is -3.73. The Hall–Kier alpha value is -1.92. The van der Waals surface area contributed by atoms with Gasteiger partial charge in [-0.25, -0.2) is 4.79 Å². The zero-order valence-corrected chi connectivity index (χ0v) is 13.1. The number of hydrogen-bond donors (Lipinski definition) is 1. The van der Waals surface area contributed by atoms with Gasteiger partial charge in [0.25, 0.3) is 0 Å². The van der Waals surface area contributed by atoms with Crippen molar-refractivity contribution in [2.75, 3.05) is 13.2 Å². The Kier molecular flexibility index (Phi) is 10.7. The quantitative estimate of drug-likeness (QED) is 0.332. The first-order chi connectivity index (χ1) is 10.4. The van der Waals surface area contributed by atoms with Crippen LogP contribution in [-0.4, -0.2) is 42.0 Å². The van der Waals surface area contributed by atoms with Crippen molar-refractivity contribution in [2.45, 2.75) is 52.4 Å². The van der Waals surface area contributed by atoms with Crippen molar-refractivity contribution in [1.82, 2.24) is 0 Å². The molecule has 0 radical (unpaired) electrons. The fraction of sp³-hybridized carbons (Fsp3) is 0.733. The van der Waals surface area contributed by atoms with Gasteiger partial charge in [0.05, 0.1) is 12.3 Å². The summed E-state index contributed by atoms with van der Waals surface area (Å²) >= 11 is 0. The molecule has 1 unspecified atom stereocenters. The highest BCUT2D eigenvalue weighted by Crippen LogP contribution is 2.14. The van der Waals surface area contributed by atoms with Crippen LogP contribution in [0.2, 0.25) is 0 Å². The summed E-state index contributed by atoms with van der Waals surface area (Å²) < 4.78 is 9.78. The fourth-order valence-corrected chi connectivity index (χ4v) is 1.75. The molecule has 1 atom stereocenters. The highest BCUT2D eigenvalue weighted by Gasteiger charge is 2.17. The van der Waals surface area contributed by atoms with Gasteiger partial charge >= 0.3 is 17.9 Å². The van der Waals surface area contributed by atoms with Gasteiger partial charge in [-0.15, -0.1) is 0 Å². The summed E-state index contributed by atoms with van der Waals surface area (Å²) in [6.45, 7) is 3.82. The number of ether oxygens (including phenoxy) is 2. The van der Waals surface area contributed by atoms with Gasteiger partial charge in [0.2, 0.25) is 5.78 Å². The van der Waals surface area contributed by atoms with Crippen molar-refractivity contribution in [3.05, 3.63) is 0 Å². The smallest absolute Gasteiger partial charge is 0.372 e. The predicted octanol–water partition coefficient (Wildman–Crippen LogP) is 1.72. The van der Waals surface area contributed by atoms with Crippen molar-refractivity contribution in [3.8, 4) is 0 Å². The molecule has 0 bridgehead atoms. The van der Waals surface area contributed by atoms with E-state index in [2.05, 4.69) is 0 Å². The van der Waals surface area contributed by atoms with Crippen LogP contribution in [0.25, 0.3) is 0 Å². The summed E-state index contributed by atoms with van der Waals surface area (Å²) in [6.07, 6.45) is 2.76. The number of ketones is 1. The van der Waals surface area contributed by atoms with Crippen LogP contribution >= 0.6 is 0 Å². The summed E-state index contributed by atoms with van der Waals surface area (Å²) in [4.78, 5) is 44.0. The maximum Gasteiger partial charge on any atom is 0.372 e. The van der Waals surface area contributed by atoms with Crippen molar-refractivity contribution >= 4 is 23.7 Å². The first kappa shape index (κ1) is 20.1. The number of rotatable bonds is 12. The Bertz CT molecular complexity index is 389. The van der Waals surface area contributed by atoms with Crippen LogP contribution in [0.3, 0.4) is 0 Å². The lowest BCUT2D eigenvalue weighted by atomic mass is 10.00. The first-order valence-electron chi connectivity index (χ1n) is 7.50. The van der Waals surface area contributed by atoms with Crippen molar-refractivity contribution in [2.24, 2.45) is 5.92 Å². The number of carboxylic acids is 1. The summed E-state index contributed by atoms with van der Waals surface area (Å²) in [5.41, 5.74) is 0. The number of Topliss-reactive ketones (excluding diaryl/α,β-unsaturated/α-hetero) is 1. The number of hydrogen-bond acceptors (Lipinski definition) is 6. The Labute approximate surface area is 130 Å². The zero-order valence-electron chi connectivity index (χ0n) is 13.1. The van der Waals surface area contributed by atoms with Crippen LogP contribution in [0, 0.1) is 5.92 Å². The molecule has 0 aromatic rings. The Balaban J connectivity index is 3.82. The molecular weight excluding hydrogens is 292 g/mol. The van der Waals surface area contributed by atoms with Crippen LogP contribution in [0.1, 0.15) is 52.4 Å². The molecule has 0 saturated carbocycles. The third-order valence-electron chi connectivity index (χ3n) is 3.12. The van der Waals surface area contributed by atoms with E-state index in [1.54, 1.807) is 0 Å². The van der Waals surface area contributed by atoms with Crippen LogP contribution in [0.15, 0.2) is 0 Å². The van der Waals surface area contributed by atoms with Gasteiger partial charge in [-0.1, -0.05) is 26.7 Å². The van der Waals surface area contributed by atoms with Crippen LogP contribution in [0.5, 0.6) is 0 Å². The number of aliphatic carboxylic acids is 1. The molecule has 0 aliphatic rings. The second-order valence-electron chi connectivity index (χ2n) is 4.86. The maximum absolute atomic E-state index is 11.7. The number of carbonyl (C=O) groups is 4. The van der Waals surface area contributed by atoms with Crippen molar-refractivity contribution < 1.29 is 33.8 Å². The standard InChI is InChI=1S/C15H24O7/c1-3-5-6-11(4-2)15(20)22-10-9-21-13(17)8-7-12(16)14(18)19/h11H,3-10H2,1-2H3,(H,18,19). The van der Waals surface area contributed by atoms with E-state index in [9.17, 15) is 19.2 Å². The molecule has 0 aromatic heterocycles. The van der Waals surface area contributed by atoms with Crippen LogP contribution < -0.4 is 0 Å². The molecule has 126 valence electrons. The highest BCUT2D eigenvalue weighted by molar-refractivity contribution is 6.32. The number of carboxylic acid groups (broad SMARTS) is 1. The third-order valence-corrected chi connectivity index (χ3v) is 3.12. The average molecular weight is 316 g/mol. The first-order valence-corrected chi connectivity index (χ1v) is 7.50. The van der Waals surface area contributed by atoms with E-state index in [0.29, 0.717) is 6.42 Å². The van der Waals surface area contributed by atoms with E-state index in [1.807, 2.05) is 13.8 Å². The minimum absolute atomic E-state index is 0.0416. The molecule has 7 heteroatoms. The normalized spacial score (nSPS) is 11.5. The van der Waals surface area contributed by atoms with E-state index >= 15 is 0 Å². The van der Waals surface area contributed by atoms with E-state index in [0.717, 1.165) is 19.3 Å². The van der Waals surface area contributed by atoms with Gasteiger partial charge in [-0.3, -0.25) is 14.4 Å². The second-order valence-corrected chi connectivity index (χ2v) is 4.86. The van der Waals surface area contributed by atoms with Gasteiger partial charge in [0.15, 0.2) is 0 Å². The molecule has 0 rings (SSSR count). The number of esters is 2. The molecule has 0 aromatic carbocycles. The minimum Gasteiger partial charge on any atom is -0.476 e. The topological polar surface area (TPSA) is 107 Å². The molecule has 1 N–H and O–H groups in total. The number of unbranched alkanes of at least 4 members (excludes halogenated alkanes) is 1. The third kappa shape index (κ3) is 9.10. The lowest BCUT2D eigenvalue weighted by Crippen LogP contribution is -2.21. The summed E-state index contributed by atoms with van der Waals surface area (Å²) in [5, 5.41) is 8.35. The van der Waals surface area contributed by atoms with E-state index in [1.165, 1.54) is 0 Å². The molecule has 0 amide bonds. The Morgan fingerprint density at radius 1 is 1.00 bits per heavy atom. The molecule has 0 fully saturated rings. The van der Waals surface area contributed by atoms with Crippen LogP contribution in [0.4, 0.5) is 0 Å². The van der Waals surface area contributed by atoms with Gasteiger partial charge in [0, 0.05) is 6.42 Å². The zero-order chi connectivity index (χ0) is 17.0. The molecule has 0 aliphatic carbocycles. The van der Waals surface area contributed by atoms with Gasteiger partial charge < -0.3 is 14.6 Å². The van der Waals surface area contributed by atoms with Crippen molar-refractivity contribution in [1.29, 1.82) is 0 Å². The molecule has 0 aliphatic heterocycles. The molecular formula is C15H24O7. The van der Waals surface area contributed by atoms with E-state index in [4.69, 9.17) is 14.6 Å². The SMILES string of the molecule is CCCCC(CC)C(=O)OCCOC(=O)CCC(=O)C(=O)O. The van der Waals surface area contributed by atoms with E-state index < -0.39 is 24.1 Å². The minimum atomic E-state index is -1.57. The largest absolute Gasteiger partial charge is 0.476 e. The average Bonchev–Trinajstić information content (AvgIpc) is 2.49. The van der Waals surface area contributed by atoms with Crippen LogP contribution in [-0.2, 0) is 28.7 Å². The van der Waals surface area contributed by atoms with E-state index in [-0.39, 0.29) is 31.5 Å². The summed E-state index contributed by atoms with van der Waals surface area (Å²) in [6, 6.07) is 0. The predicted molar refractivity (Wildman–Crippen MR) is 77.1 cm³/mol. The molecule has 0 heterocycles. The fourth-order valence-electron chi connectivity index (χ4n) is 1.75.